The molecule has 0 heterocycles. The SMILES string of the molecule is CC(C)Oc1ccc(C(O)C(C)(C)C(=O)O)cc1. The molecule has 1 unspecified atom stereocenters. The Balaban J connectivity index is 2.88. The number of ether oxygens (including phenoxy) is 1. The largest absolute Gasteiger partial charge is 0.491 e. The molecule has 0 fully saturated rings. The predicted molar refractivity (Wildman–Crippen MR) is 68.6 cm³/mol. The Morgan fingerprint density at radius 1 is 1.22 bits per heavy atom. The Bertz CT molecular complexity index is 406. The van der Waals surface area contributed by atoms with Crippen molar-refractivity contribution in [2.75, 3.05) is 0 Å². The third kappa shape index (κ3) is 3.23. The first kappa shape index (κ1) is 14.5. The van der Waals surface area contributed by atoms with Gasteiger partial charge in [-0.1, -0.05) is 12.1 Å². The number of aliphatic hydroxyl groups is 1. The molecule has 100 valence electrons. The summed E-state index contributed by atoms with van der Waals surface area (Å²) in [6.07, 6.45) is -0.973. The number of carboxylic acids is 1. The maximum atomic E-state index is 11.1. The minimum Gasteiger partial charge on any atom is -0.491 e. The Morgan fingerprint density at radius 2 is 1.72 bits per heavy atom. The first-order valence-corrected chi connectivity index (χ1v) is 5.93. The molecule has 1 aromatic carbocycles. The van der Waals surface area contributed by atoms with Gasteiger partial charge in [-0.3, -0.25) is 4.79 Å². The second-order valence-electron chi connectivity index (χ2n) is 5.17. The van der Waals surface area contributed by atoms with Gasteiger partial charge in [0.05, 0.1) is 17.6 Å². The second-order valence-corrected chi connectivity index (χ2v) is 5.17. The lowest BCUT2D eigenvalue weighted by molar-refractivity contribution is -0.153. The van der Waals surface area contributed by atoms with Gasteiger partial charge in [0, 0.05) is 0 Å². The summed E-state index contributed by atoms with van der Waals surface area (Å²) >= 11 is 0. The van der Waals surface area contributed by atoms with Gasteiger partial charge in [-0.2, -0.15) is 0 Å². The fourth-order valence-corrected chi connectivity index (χ4v) is 1.53. The van der Waals surface area contributed by atoms with Crippen molar-refractivity contribution in [1.82, 2.24) is 0 Å². The quantitative estimate of drug-likeness (QED) is 0.845. The van der Waals surface area contributed by atoms with Crippen LogP contribution in [0, 0.1) is 5.41 Å². The molecular formula is C14H20O4. The highest BCUT2D eigenvalue weighted by atomic mass is 16.5. The highest BCUT2D eigenvalue weighted by Crippen LogP contribution is 2.34. The second kappa shape index (κ2) is 5.40. The summed E-state index contributed by atoms with van der Waals surface area (Å²) < 4.78 is 5.48. The summed E-state index contributed by atoms with van der Waals surface area (Å²) in [7, 11) is 0. The highest BCUT2D eigenvalue weighted by Gasteiger charge is 2.36. The fourth-order valence-electron chi connectivity index (χ4n) is 1.53. The van der Waals surface area contributed by atoms with Gasteiger partial charge in [-0.05, 0) is 45.4 Å². The Hall–Kier alpha value is -1.55. The Morgan fingerprint density at radius 3 is 2.11 bits per heavy atom. The minimum atomic E-state index is -1.22. The maximum absolute atomic E-state index is 11.1. The van der Waals surface area contributed by atoms with Crippen molar-refractivity contribution in [3.63, 3.8) is 0 Å². The van der Waals surface area contributed by atoms with E-state index in [0.717, 1.165) is 0 Å². The number of carbonyl (C=O) groups is 1. The number of aliphatic hydroxyl groups excluding tert-OH is 1. The van der Waals surface area contributed by atoms with E-state index in [9.17, 15) is 9.90 Å². The molecule has 0 saturated carbocycles. The van der Waals surface area contributed by atoms with Crippen LogP contribution in [-0.2, 0) is 4.79 Å². The number of carboxylic acid groups (broad SMARTS) is 1. The molecule has 0 spiro atoms. The standard InChI is InChI=1S/C14H20O4/c1-9(2)18-11-7-5-10(6-8-11)12(15)14(3,4)13(16)17/h5-9,12,15H,1-4H3,(H,16,17). The monoisotopic (exact) mass is 252 g/mol. The third-order valence-electron chi connectivity index (χ3n) is 2.80. The predicted octanol–water partition coefficient (Wildman–Crippen LogP) is 2.62. The zero-order chi connectivity index (χ0) is 13.9. The number of aliphatic carboxylic acids is 1. The van der Waals surface area contributed by atoms with Gasteiger partial charge in [-0.25, -0.2) is 0 Å². The van der Waals surface area contributed by atoms with E-state index >= 15 is 0 Å². The normalized spacial score (nSPS) is 13.4. The molecule has 0 bridgehead atoms. The molecule has 0 saturated heterocycles. The summed E-state index contributed by atoms with van der Waals surface area (Å²) in [5, 5.41) is 19.1. The molecule has 1 rings (SSSR count). The summed E-state index contributed by atoms with van der Waals surface area (Å²) in [4.78, 5) is 11.1. The summed E-state index contributed by atoms with van der Waals surface area (Å²) in [5.41, 5.74) is -0.654. The van der Waals surface area contributed by atoms with Crippen molar-refractivity contribution in [3.8, 4) is 5.75 Å². The zero-order valence-electron chi connectivity index (χ0n) is 11.2. The van der Waals surface area contributed by atoms with Crippen LogP contribution in [0.1, 0.15) is 39.4 Å². The van der Waals surface area contributed by atoms with Crippen LogP contribution in [0.3, 0.4) is 0 Å². The van der Waals surface area contributed by atoms with E-state index in [1.54, 1.807) is 24.3 Å². The maximum Gasteiger partial charge on any atom is 0.312 e. The average Bonchev–Trinajstić information content (AvgIpc) is 2.28. The van der Waals surface area contributed by atoms with Crippen LogP contribution in [0.25, 0.3) is 0 Å². The number of benzene rings is 1. The van der Waals surface area contributed by atoms with Crippen molar-refractivity contribution in [2.45, 2.75) is 39.9 Å². The van der Waals surface area contributed by atoms with Gasteiger partial charge in [0.25, 0.3) is 0 Å². The van der Waals surface area contributed by atoms with Crippen LogP contribution in [0.2, 0.25) is 0 Å². The minimum absolute atomic E-state index is 0.0798. The van der Waals surface area contributed by atoms with Crippen molar-refractivity contribution in [1.29, 1.82) is 0 Å². The zero-order valence-corrected chi connectivity index (χ0v) is 11.2. The van der Waals surface area contributed by atoms with Gasteiger partial charge in [0.1, 0.15) is 5.75 Å². The summed E-state index contributed by atoms with van der Waals surface area (Å²) in [5.74, 6) is -0.327. The lowest BCUT2D eigenvalue weighted by Gasteiger charge is -2.26. The Labute approximate surface area is 107 Å². The van der Waals surface area contributed by atoms with Gasteiger partial charge in [0.15, 0.2) is 0 Å². The molecular weight excluding hydrogens is 232 g/mol. The molecule has 1 aromatic rings. The average molecular weight is 252 g/mol. The lowest BCUT2D eigenvalue weighted by atomic mass is 9.83. The van der Waals surface area contributed by atoms with Gasteiger partial charge in [-0.15, -0.1) is 0 Å². The number of hydrogen-bond acceptors (Lipinski definition) is 3. The van der Waals surface area contributed by atoms with Crippen LogP contribution in [-0.4, -0.2) is 22.3 Å². The van der Waals surface area contributed by atoms with E-state index < -0.39 is 17.5 Å². The molecule has 1 atom stereocenters. The third-order valence-corrected chi connectivity index (χ3v) is 2.80. The molecule has 4 nitrogen and oxygen atoms in total. The molecule has 0 aromatic heterocycles. The van der Waals surface area contributed by atoms with Gasteiger partial charge >= 0.3 is 5.97 Å². The van der Waals surface area contributed by atoms with Crippen LogP contribution >= 0.6 is 0 Å². The Kier molecular flexibility index (Phi) is 4.35. The molecule has 0 radical (unpaired) electrons. The van der Waals surface area contributed by atoms with Crippen molar-refractivity contribution >= 4 is 5.97 Å². The van der Waals surface area contributed by atoms with E-state index in [4.69, 9.17) is 9.84 Å². The van der Waals surface area contributed by atoms with E-state index in [1.165, 1.54) is 13.8 Å². The molecule has 18 heavy (non-hydrogen) atoms. The number of rotatable bonds is 5. The molecule has 0 aliphatic rings. The van der Waals surface area contributed by atoms with E-state index in [2.05, 4.69) is 0 Å². The number of hydrogen-bond donors (Lipinski definition) is 2. The molecule has 2 N–H and O–H groups in total. The lowest BCUT2D eigenvalue weighted by Crippen LogP contribution is -2.31. The van der Waals surface area contributed by atoms with Crippen LogP contribution in [0.5, 0.6) is 5.75 Å². The van der Waals surface area contributed by atoms with Crippen LogP contribution in [0.4, 0.5) is 0 Å². The topological polar surface area (TPSA) is 66.8 Å². The van der Waals surface area contributed by atoms with Gasteiger partial charge in [0.2, 0.25) is 0 Å². The smallest absolute Gasteiger partial charge is 0.312 e. The molecule has 0 aliphatic heterocycles. The van der Waals surface area contributed by atoms with Gasteiger partial charge < -0.3 is 14.9 Å². The first-order valence-electron chi connectivity index (χ1n) is 5.93. The van der Waals surface area contributed by atoms with E-state index in [-0.39, 0.29) is 6.10 Å². The van der Waals surface area contributed by atoms with Crippen molar-refractivity contribution in [3.05, 3.63) is 29.8 Å². The molecule has 4 heteroatoms. The molecule has 0 aliphatic carbocycles. The summed E-state index contributed by atoms with van der Waals surface area (Å²) in [6, 6.07) is 6.84. The first-order chi connectivity index (χ1) is 8.25. The van der Waals surface area contributed by atoms with Crippen molar-refractivity contribution < 1.29 is 19.7 Å². The van der Waals surface area contributed by atoms with E-state index in [1.807, 2.05) is 13.8 Å². The molecule has 0 amide bonds. The highest BCUT2D eigenvalue weighted by molar-refractivity contribution is 5.74. The van der Waals surface area contributed by atoms with Crippen molar-refractivity contribution in [2.24, 2.45) is 5.41 Å². The summed E-state index contributed by atoms with van der Waals surface area (Å²) in [6.45, 7) is 6.85. The van der Waals surface area contributed by atoms with E-state index in [0.29, 0.717) is 11.3 Å². The van der Waals surface area contributed by atoms with Crippen LogP contribution in [0.15, 0.2) is 24.3 Å². The van der Waals surface area contributed by atoms with Crippen LogP contribution < -0.4 is 4.74 Å². The fraction of sp³-hybridized carbons (Fsp3) is 0.500.